The first-order valence-electron chi connectivity index (χ1n) is 8.35. The van der Waals surface area contributed by atoms with Crippen molar-refractivity contribution in [3.8, 4) is 16.5 Å². The molecule has 3 aromatic rings. The van der Waals surface area contributed by atoms with E-state index in [-0.39, 0.29) is 24.9 Å². The van der Waals surface area contributed by atoms with Crippen molar-refractivity contribution < 1.29 is 18.8 Å². The van der Waals surface area contributed by atoms with Crippen LogP contribution >= 0.6 is 11.3 Å². The highest BCUT2D eigenvalue weighted by Crippen LogP contribution is 2.21. The van der Waals surface area contributed by atoms with Crippen LogP contribution in [0.3, 0.4) is 0 Å². The molecular weight excluding hydrogens is 368 g/mol. The van der Waals surface area contributed by atoms with Gasteiger partial charge in [-0.15, -0.1) is 11.3 Å². The molecule has 8 nitrogen and oxygen atoms in total. The Balaban J connectivity index is 1.47. The third-order valence-corrected chi connectivity index (χ3v) is 4.36. The number of hydrogen-bond acceptors (Lipinski definition) is 7. The fraction of sp³-hybridized carbons (Fsp3) is 0.222. The Labute approximate surface area is 159 Å². The van der Waals surface area contributed by atoms with Crippen molar-refractivity contribution in [1.82, 2.24) is 20.8 Å². The van der Waals surface area contributed by atoms with Gasteiger partial charge in [0.1, 0.15) is 5.75 Å². The molecule has 2 aromatic heterocycles. The van der Waals surface area contributed by atoms with E-state index in [1.54, 1.807) is 24.3 Å². The lowest BCUT2D eigenvalue weighted by Gasteiger charge is -2.10. The maximum Gasteiger partial charge on any atom is 0.316 e. The zero-order valence-electron chi connectivity index (χ0n) is 14.6. The molecule has 0 fully saturated rings. The lowest BCUT2D eigenvalue weighted by molar-refractivity contribution is 0.0897. The van der Waals surface area contributed by atoms with Crippen LogP contribution in [0.4, 0.5) is 0 Å². The standard InChI is InChI=1S/C18H18N4O4S/c1-2-25-13-7-4-3-6-12(13)16(23)19-9-10-20-17(24)18-21-15(22-26-18)14-8-5-11-27-14/h3-8,11H,2,9-10H2,1H3,(H,19,23)(H,20,24). The second-order valence-corrected chi connectivity index (χ2v) is 6.29. The van der Waals surface area contributed by atoms with Gasteiger partial charge in [-0.2, -0.15) is 4.98 Å². The zero-order chi connectivity index (χ0) is 19.1. The van der Waals surface area contributed by atoms with E-state index in [2.05, 4.69) is 20.8 Å². The Bertz CT molecular complexity index is 908. The topological polar surface area (TPSA) is 106 Å². The normalized spacial score (nSPS) is 10.4. The first-order chi connectivity index (χ1) is 13.2. The smallest absolute Gasteiger partial charge is 0.316 e. The number of hydrogen-bond donors (Lipinski definition) is 2. The third kappa shape index (κ3) is 4.70. The highest BCUT2D eigenvalue weighted by Gasteiger charge is 2.16. The maximum absolute atomic E-state index is 12.2. The number of benzene rings is 1. The van der Waals surface area contributed by atoms with E-state index in [9.17, 15) is 9.59 Å². The first-order valence-corrected chi connectivity index (χ1v) is 9.22. The summed E-state index contributed by atoms with van der Waals surface area (Å²) in [6.45, 7) is 2.79. The van der Waals surface area contributed by atoms with Gasteiger partial charge in [-0.3, -0.25) is 9.59 Å². The van der Waals surface area contributed by atoms with E-state index in [4.69, 9.17) is 9.26 Å². The van der Waals surface area contributed by atoms with Crippen LogP contribution < -0.4 is 15.4 Å². The molecule has 0 aliphatic carbocycles. The van der Waals surface area contributed by atoms with Crippen LogP contribution in [0.1, 0.15) is 28.0 Å². The van der Waals surface area contributed by atoms with Gasteiger partial charge in [0.2, 0.25) is 5.82 Å². The zero-order valence-corrected chi connectivity index (χ0v) is 15.4. The Morgan fingerprint density at radius 2 is 1.89 bits per heavy atom. The molecule has 9 heteroatoms. The fourth-order valence-corrected chi connectivity index (χ4v) is 2.93. The quantitative estimate of drug-likeness (QED) is 0.576. The van der Waals surface area contributed by atoms with E-state index in [0.717, 1.165) is 4.88 Å². The van der Waals surface area contributed by atoms with Gasteiger partial charge in [-0.1, -0.05) is 23.4 Å². The number of ether oxygens (including phenoxy) is 1. The van der Waals surface area contributed by atoms with E-state index in [1.165, 1.54) is 11.3 Å². The molecular formula is C18H18N4O4S. The summed E-state index contributed by atoms with van der Waals surface area (Å²) in [5.41, 5.74) is 0.447. The minimum absolute atomic E-state index is 0.119. The van der Waals surface area contributed by atoms with Gasteiger partial charge < -0.3 is 19.9 Å². The van der Waals surface area contributed by atoms with Crippen molar-refractivity contribution >= 4 is 23.2 Å². The van der Waals surface area contributed by atoms with Crippen LogP contribution in [-0.2, 0) is 0 Å². The molecule has 140 valence electrons. The van der Waals surface area contributed by atoms with Crippen molar-refractivity contribution in [3.05, 3.63) is 53.2 Å². The molecule has 1 aromatic carbocycles. The number of amides is 2. The van der Waals surface area contributed by atoms with Crippen molar-refractivity contribution in [1.29, 1.82) is 0 Å². The van der Waals surface area contributed by atoms with Crippen molar-refractivity contribution in [2.75, 3.05) is 19.7 Å². The number of rotatable bonds is 8. The van der Waals surface area contributed by atoms with Gasteiger partial charge in [0.25, 0.3) is 5.91 Å². The number of nitrogens with zero attached hydrogens (tertiary/aromatic N) is 2. The number of nitrogens with one attached hydrogen (secondary N) is 2. The number of thiophene rings is 1. The van der Waals surface area contributed by atoms with E-state index >= 15 is 0 Å². The molecule has 2 N–H and O–H groups in total. The first kappa shape index (κ1) is 18.6. The summed E-state index contributed by atoms with van der Waals surface area (Å²) < 4.78 is 10.4. The maximum atomic E-state index is 12.2. The summed E-state index contributed by atoms with van der Waals surface area (Å²) in [4.78, 5) is 29.2. The van der Waals surface area contributed by atoms with Gasteiger partial charge in [-0.05, 0) is 30.5 Å². The monoisotopic (exact) mass is 386 g/mol. The number of carbonyl (C=O) groups is 2. The number of carbonyl (C=O) groups excluding carboxylic acids is 2. The summed E-state index contributed by atoms with van der Waals surface area (Å²) in [6, 6.07) is 10.7. The van der Waals surface area contributed by atoms with Crippen LogP contribution in [0.2, 0.25) is 0 Å². The summed E-state index contributed by atoms with van der Waals surface area (Å²) >= 11 is 1.45. The number of para-hydroxylation sites is 1. The minimum Gasteiger partial charge on any atom is -0.493 e. The average Bonchev–Trinajstić information content (AvgIpc) is 3.37. The molecule has 0 radical (unpaired) electrons. The lowest BCUT2D eigenvalue weighted by atomic mass is 10.2. The molecule has 0 saturated heterocycles. The predicted molar refractivity (Wildman–Crippen MR) is 99.9 cm³/mol. The molecule has 0 saturated carbocycles. The summed E-state index contributed by atoms with van der Waals surface area (Å²) in [5.74, 6) is 0.0104. The molecule has 3 rings (SSSR count). The van der Waals surface area contributed by atoms with Gasteiger partial charge in [0.15, 0.2) is 0 Å². The van der Waals surface area contributed by atoms with Crippen LogP contribution in [-0.4, -0.2) is 41.7 Å². The van der Waals surface area contributed by atoms with E-state index in [0.29, 0.717) is 23.7 Å². The Morgan fingerprint density at radius 1 is 1.11 bits per heavy atom. The molecule has 2 amide bonds. The minimum atomic E-state index is -0.491. The summed E-state index contributed by atoms with van der Waals surface area (Å²) in [7, 11) is 0. The highest BCUT2D eigenvalue weighted by atomic mass is 32.1. The molecule has 0 bridgehead atoms. The van der Waals surface area contributed by atoms with Gasteiger partial charge >= 0.3 is 11.8 Å². The van der Waals surface area contributed by atoms with Gasteiger partial charge in [0.05, 0.1) is 17.0 Å². The van der Waals surface area contributed by atoms with Gasteiger partial charge in [-0.25, -0.2) is 0 Å². The average molecular weight is 386 g/mol. The van der Waals surface area contributed by atoms with E-state index < -0.39 is 5.91 Å². The molecule has 0 spiro atoms. The molecule has 2 heterocycles. The molecule has 0 unspecified atom stereocenters. The van der Waals surface area contributed by atoms with Gasteiger partial charge in [0, 0.05) is 13.1 Å². The Morgan fingerprint density at radius 3 is 2.63 bits per heavy atom. The Kier molecular flexibility index (Phi) is 6.16. The molecule has 0 aliphatic heterocycles. The largest absolute Gasteiger partial charge is 0.493 e. The van der Waals surface area contributed by atoms with Crippen molar-refractivity contribution in [2.45, 2.75) is 6.92 Å². The second-order valence-electron chi connectivity index (χ2n) is 5.34. The van der Waals surface area contributed by atoms with Crippen molar-refractivity contribution in [2.24, 2.45) is 0 Å². The molecule has 0 aliphatic rings. The van der Waals surface area contributed by atoms with E-state index in [1.807, 2.05) is 24.4 Å². The highest BCUT2D eigenvalue weighted by molar-refractivity contribution is 7.13. The molecule has 0 atom stereocenters. The van der Waals surface area contributed by atoms with Crippen LogP contribution in [0.15, 0.2) is 46.3 Å². The lowest BCUT2D eigenvalue weighted by Crippen LogP contribution is -2.35. The van der Waals surface area contributed by atoms with Crippen molar-refractivity contribution in [3.63, 3.8) is 0 Å². The third-order valence-electron chi connectivity index (χ3n) is 3.49. The molecule has 27 heavy (non-hydrogen) atoms. The Hall–Kier alpha value is -3.20. The number of aromatic nitrogens is 2. The van der Waals surface area contributed by atoms with Crippen LogP contribution in [0.5, 0.6) is 5.75 Å². The van der Waals surface area contributed by atoms with Crippen LogP contribution in [0, 0.1) is 0 Å². The summed E-state index contributed by atoms with van der Waals surface area (Å²) in [6.07, 6.45) is 0. The summed E-state index contributed by atoms with van der Waals surface area (Å²) in [5, 5.41) is 11.0. The fourth-order valence-electron chi connectivity index (χ4n) is 2.28. The predicted octanol–water partition coefficient (Wildman–Crippen LogP) is 2.36. The second kappa shape index (κ2) is 8.95. The van der Waals surface area contributed by atoms with Crippen LogP contribution in [0.25, 0.3) is 10.7 Å². The SMILES string of the molecule is CCOc1ccccc1C(=O)NCCNC(=O)c1nc(-c2cccs2)no1.